The summed E-state index contributed by atoms with van der Waals surface area (Å²) in [6.45, 7) is 2.18. The molecule has 0 radical (unpaired) electrons. The van der Waals surface area contributed by atoms with Gasteiger partial charge in [-0.3, -0.25) is 11.3 Å². The number of nitrogens with one attached hydrogen (secondary N) is 1. The number of hydrazine groups is 1. The Morgan fingerprint density at radius 3 is 2.72 bits per heavy atom. The first-order chi connectivity index (χ1) is 8.86. The molecule has 0 aliphatic heterocycles. The van der Waals surface area contributed by atoms with Gasteiger partial charge in [-0.2, -0.15) is 5.10 Å². The molecule has 0 amide bonds. The number of benzene rings is 1. The Hall–Kier alpha value is -1.65. The first-order valence-electron chi connectivity index (χ1n) is 6.42. The van der Waals surface area contributed by atoms with Crippen molar-refractivity contribution in [3.8, 4) is 5.69 Å². The zero-order valence-electron chi connectivity index (χ0n) is 10.7. The predicted octanol–water partition coefficient (Wildman–Crippen LogP) is 2.57. The third-order valence-electron chi connectivity index (χ3n) is 3.08. The molecule has 2 rings (SSSR count). The predicted molar refractivity (Wildman–Crippen MR) is 73.2 cm³/mol. The van der Waals surface area contributed by atoms with Gasteiger partial charge in [-0.05, 0) is 24.6 Å². The Kier molecular flexibility index (Phi) is 4.50. The van der Waals surface area contributed by atoms with E-state index in [2.05, 4.69) is 17.4 Å². The number of unbranched alkanes of at least 4 members (excludes halogenated alkanes) is 1. The van der Waals surface area contributed by atoms with Gasteiger partial charge in [-0.1, -0.05) is 38.0 Å². The fourth-order valence-electron chi connectivity index (χ4n) is 2.09. The Morgan fingerprint density at radius 1 is 1.28 bits per heavy atom. The van der Waals surface area contributed by atoms with Crippen LogP contribution in [0.25, 0.3) is 5.69 Å². The summed E-state index contributed by atoms with van der Waals surface area (Å²) in [5.74, 6) is 5.66. The fourth-order valence-corrected chi connectivity index (χ4v) is 2.09. The van der Waals surface area contributed by atoms with E-state index in [1.807, 2.05) is 47.3 Å². The topological polar surface area (TPSA) is 55.9 Å². The minimum atomic E-state index is 0.146. The minimum Gasteiger partial charge on any atom is -0.271 e. The lowest BCUT2D eigenvalue weighted by Gasteiger charge is -2.17. The van der Waals surface area contributed by atoms with E-state index in [0.29, 0.717) is 0 Å². The highest BCUT2D eigenvalue weighted by atomic mass is 15.3. The summed E-state index contributed by atoms with van der Waals surface area (Å²) in [4.78, 5) is 0. The van der Waals surface area contributed by atoms with Crippen molar-refractivity contribution in [3.05, 3.63) is 48.3 Å². The highest BCUT2D eigenvalue weighted by Gasteiger charge is 2.14. The lowest BCUT2D eigenvalue weighted by Crippen LogP contribution is -2.29. The largest absolute Gasteiger partial charge is 0.271 e. The highest BCUT2D eigenvalue weighted by molar-refractivity contribution is 5.33. The van der Waals surface area contributed by atoms with Crippen molar-refractivity contribution >= 4 is 0 Å². The third-order valence-corrected chi connectivity index (χ3v) is 3.08. The second-order valence-corrected chi connectivity index (χ2v) is 4.36. The normalized spacial score (nSPS) is 12.6. The average Bonchev–Trinajstić information content (AvgIpc) is 2.90. The standard InChI is InChI=1S/C14H20N4/c1-2-3-9-13(17-15)14-10-11-16-18(14)12-7-5-4-6-8-12/h4-8,10-11,13,17H,2-3,9,15H2,1H3. The molecule has 2 aromatic rings. The van der Waals surface area contributed by atoms with Gasteiger partial charge in [-0.15, -0.1) is 0 Å². The molecular formula is C14H20N4. The number of para-hydroxylation sites is 1. The lowest BCUT2D eigenvalue weighted by atomic mass is 10.1. The Bertz CT molecular complexity index is 464. The van der Waals surface area contributed by atoms with E-state index >= 15 is 0 Å². The molecule has 1 heterocycles. The van der Waals surface area contributed by atoms with Gasteiger partial charge in [-0.25, -0.2) is 4.68 Å². The van der Waals surface area contributed by atoms with Gasteiger partial charge in [0.05, 0.1) is 17.4 Å². The van der Waals surface area contributed by atoms with E-state index in [4.69, 9.17) is 5.84 Å². The molecule has 4 nitrogen and oxygen atoms in total. The van der Waals surface area contributed by atoms with Crippen molar-refractivity contribution in [3.63, 3.8) is 0 Å². The average molecular weight is 244 g/mol. The third kappa shape index (κ3) is 2.78. The van der Waals surface area contributed by atoms with Crippen LogP contribution in [-0.2, 0) is 0 Å². The molecule has 0 aliphatic rings. The molecule has 1 aromatic carbocycles. The molecule has 0 bridgehead atoms. The zero-order valence-corrected chi connectivity index (χ0v) is 10.7. The number of hydrogen-bond donors (Lipinski definition) is 2. The van der Waals surface area contributed by atoms with Crippen LogP contribution in [0.3, 0.4) is 0 Å². The smallest absolute Gasteiger partial charge is 0.0649 e. The Labute approximate surface area is 108 Å². The quantitative estimate of drug-likeness (QED) is 0.606. The number of aromatic nitrogens is 2. The molecule has 0 saturated carbocycles. The van der Waals surface area contributed by atoms with E-state index in [9.17, 15) is 0 Å². The van der Waals surface area contributed by atoms with Crippen LogP contribution in [0.1, 0.15) is 37.9 Å². The number of rotatable bonds is 6. The van der Waals surface area contributed by atoms with Gasteiger partial charge in [0.1, 0.15) is 0 Å². The molecule has 18 heavy (non-hydrogen) atoms. The SMILES string of the molecule is CCCCC(NN)c1ccnn1-c1ccccc1. The van der Waals surface area contributed by atoms with E-state index in [1.165, 1.54) is 0 Å². The fraction of sp³-hybridized carbons (Fsp3) is 0.357. The molecule has 1 aromatic heterocycles. The summed E-state index contributed by atoms with van der Waals surface area (Å²) < 4.78 is 1.94. The summed E-state index contributed by atoms with van der Waals surface area (Å²) in [6.07, 6.45) is 5.15. The van der Waals surface area contributed by atoms with Crippen molar-refractivity contribution in [2.45, 2.75) is 32.2 Å². The maximum absolute atomic E-state index is 5.66. The van der Waals surface area contributed by atoms with Crippen molar-refractivity contribution in [2.75, 3.05) is 0 Å². The molecule has 96 valence electrons. The summed E-state index contributed by atoms with van der Waals surface area (Å²) in [5, 5.41) is 4.38. The second kappa shape index (κ2) is 6.33. The summed E-state index contributed by atoms with van der Waals surface area (Å²) in [7, 11) is 0. The minimum absolute atomic E-state index is 0.146. The van der Waals surface area contributed by atoms with Gasteiger partial charge in [0.15, 0.2) is 0 Å². The van der Waals surface area contributed by atoms with Crippen molar-refractivity contribution in [2.24, 2.45) is 5.84 Å². The molecule has 3 N–H and O–H groups in total. The van der Waals surface area contributed by atoms with Crippen LogP contribution < -0.4 is 11.3 Å². The van der Waals surface area contributed by atoms with Crippen molar-refractivity contribution in [1.82, 2.24) is 15.2 Å². The van der Waals surface area contributed by atoms with Crippen LogP contribution >= 0.6 is 0 Å². The Morgan fingerprint density at radius 2 is 2.06 bits per heavy atom. The molecule has 1 unspecified atom stereocenters. The van der Waals surface area contributed by atoms with Crippen LogP contribution in [0.4, 0.5) is 0 Å². The van der Waals surface area contributed by atoms with Crippen molar-refractivity contribution in [1.29, 1.82) is 0 Å². The molecule has 0 spiro atoms. The highest BCUT2D eigenvalue weighted by Crippen LogP contribution is 2.21. The molecule has 0 fully saturated rings. The first-order valence-corrected chi connectivity index (χ1v) is 6.42. The number of nitrogens with two attached hydrogens (primary N) is 1. The molecular weight excluding hydrogens is 224 g/mol. The molecule has 0 saturated heterocycles. The van der Waals surface area contributed by atoms with Gasteiger partial charge in [0.25, 0.3) is 0 Å². The van der Waals surface area contributed by atoms with Crippen molar-refractivity contribution < 1.29 is 0 Å². The van der Waals surface area contributed by atoms with Crippen LogP contribution in [0.5, 0.6) is 0 Å². The van der Waals surface area contributed by atoms with Crippen LogP contribution in [-0.4, -0.2) is 9.78 Å². The first kappa shape index (κ1) is 12.8. The number of nitrogens with zero attached hydrogens (tertiary/aromatic N) is 2. The summed E-state index contributed by atoms with van der Waals surface area (Å²) in [5.41, 5.74) is 5.06. The molecule has 4 heteroatoms. The van der Waals surface area contributed by atoms with Crippen LogP contribution in [0, 0.1) is 0 Å². The van der Waals surface area contributed by atoms with Gasteiger partial charge >= 0.3 is 0 Å². The van der Waals surface area contributed by atoms with E-state index < -0.39 is 0 Å². The van der Waals surface area contributed by atoms with E-state index in [-0.39, 0.29) is 6.04 Å². The summed E-state index contributed by atoms with van der Waals surface area (Å²) in [6, 6.07) is 12.3. The second-order valence-electron chi connectivity index (χ2n) is 4.36. The van der Waals surface area contributed by atoms with E-state index in [1.54, 1.807) is 0 Å². The Balaban J connectivity index is 2.26. The monoisotopic (exact) mass is 244 g/mol. The van der Waals surface area contributed by atoms with Gasteiger partial charge < -0.3 is 0 Å². The maximum atomic E-state index is 5.66. The van der Waals surface area contributed by atoms with Gasteiger partial charge in [0, 0.05) is 6.20 Å². The number of hydrogen-bond acceptors (Lipinski definition) is 3. The van der Waals surface area contributed by atoms with E-state index in [0.717, 1.165) is 30.6 Å². The van der Waals surface area contributed by atoms with Crippen LogP contribution in [0.15, 0.2) is 42.6 Å². The van der Waals surface area contributed by atoms with Gasteiger partial charge in [0.2, 0.25) is 0 Å². The zero-order chi connectivity index (χ0) is 12.8. The molecule has 0 aliphatic carbocycles. The maximum Gasteiger partial charge on any atom is 0.0649 e. The van der Waals surface area contributed by atoms with Crippen LogP contribution in [0.2, 0.25) is 0 Å². The molecule has 1 atom stereocenters. The lowest BCUT2D eigenvalue weighted by molar-refractivity contribution is 0.473. The summed E-state index contributed by atoms with van der Waals surface area (Å²) >= 11 is 0.